The third-order valence-corrected chi connectivity index (χ3v) is 3.95. The van der Waals surface area contributed by atoms with Crippen molar-refractivity contribution in [2.45, 2.75) is 33.6 Å². The predicted octanol–water partition coefficient (Wildman–Crippen LogP) is 1.55. The van der Waals surface area contributed by atoms with Crippen molar-refractivity contribution in [1.29, 1.82) is 0 Å². The molecule has 1 N–H and O–H groups in total. The third kappa shape index (κ3) is 4.29. The van der Waals surface area contributed by atoms with Crippen molar-refractivity contribution in [3.63, 3.8) is 0 Å². The normalized spacial score (nSPS) is 18.1. The van der Waals surface area contributed by atoms with Gasteiger partial charge in [0.25, 0.3) is 0 Å². The smallest absolute Gasteiger partial charge is 0.225 e. The summed E-state index contributed by atoms with van der Waals surface area (Å²) >= 11 is 0. The van der Waals surface area contributed by atoms with E-state index in [1.165, 1.54) is 0 Å². The topological polar surface area (TPSA) is 62.3 Å². The highest BCUT2D eigenvalue weighted by Gasteiger charge is 2.34. The minimum Gasteiger partial charge on any atom is -0.355 e. The molecule has 5 nitrogen and oxygen atoms in total. The molecule has 1 aliphatic rings. The molecule has 1 atom stereocenters. The van der Waals surface area contributed by atoms with Crippen LogP contribution in [0.2, 0.25) is 0 Å². The lowest BCUT2D eigenvalue weighted by atomic mass is 10.1. The van der Waals surface area contributed by atoms with Gasteiger partial charge in [-0.05, 0) is 24.5 Å². The van der Waals surface area contributed by atoms with Gasteiger partial charge in [0.1, 0.15) is 0 Å². The second-order valence-corrected chi connectivity index (χ2v) is 6.40. The summed E-state index contributed by atoms with van der Waals surface area (Å²) in [5, 5.41) is 2.94. The fraction of sp³-hybridized carbons (Fsp3) is 0.588. The summed E-state index contributed by atoms with van der Waals surface area (Å²) in [6.07, 6.45) is 2.82. The van der Waals surface area contributed by atoms with E-state index in [-0.39, 0.29) is 17.7 Å². The molecule has 0 aliphatic carbocycles. The Morgan fingerprint density at radius 1 is 1.50 bits per heavy atom. The standard InChI is InChI=1S/C17H25N3O2/c1-12(2)10-20-11-14(9-16(20)21)17(22)19-8-6-15-13(3)5-4-7-18-15/h4-5,7,12,14H,6,8-11H2,1-3H3,(H,19,22). The van der Waals surface area contributed by atoms with E-state index in [1.54, 1.807) is 11.1 Å². The molecule has 1 aliphatic heterocycles. The number of nitrogens with zero attached hydrogens (tertiary/aromatic N) is 2. The molecule has 2 amide bonds. The highest BCUT2D eigenvalue weighted by molar-refractivity contribution is 5.89. The first-order chi connectivity index (χ1) is 10.5. The number of carbonyl (C=O) groups is 2. The Hall–Kier alpha value is -1.91. The van der Waals surface area contributed by atoms with Gasteiger partial charge in [0.2, 0.25) is 11.8 Å². The molecule has 0 radical (unpaired) electrons. The highest BCUT2D eigenvalue weighted by atomic mass is 16.2. The lowest BCUT2D eigenvalue weighted by Gasteiger charge is -2.18. The van der Waals surface area contributed by atoms with Gasteiger partial charge in [-0.2, -0.15) is 0 Å². The molecule has 1 aromatic heterocycles. The van der Waals surface area contributed by atoms with Crippen LogP contribution in [0.25, 0.3) is 0 Å². The second-order valence-electron chi connectivity index (χ2n) is 6.40. The molecule has 1 saturated heterocycles. The van der Waals surface area contributed by atoms with Crippen molar-refractivity contribution in [2.24, 2.45) is 11.8 Å². The Morgan fingerprint density at radius 3 is 2.95 bits per heavy atom. The zero-order valence-electron chi connectivity index (χ0n) is 13.6. The number of likely N-dealkylation sites (tertiary alicyclic amines) is 1. The van der Waals surface area contributed by atoms with Gasteiger partial charge in [0.15, 0.2) is 0 Å². The number of pyridine rings is 1. The highest BCUT2D eigenvalue weighted by Crippen LogP contribution is 2.19. The number of rotatable bonds is 6. The third-order valence-electron chi connectivity index (χ3n) is 3.95. The van der Waals surface area contributed by atoms with Crippen LogP contribution in [0.3, 0.4) is 0 Å². The van der Waals surface area contributed by atoms with Gasteiger partial charge >= 0.3 is 0 Å². The van der Waals surface area contributed by atoms with Crippen LogP contribution < -0.4 is 5.32 Å². The van der Waals surface area contributed by atoms with E-state index in [1.807, 2.05) is 19.1 Å². The van der Waals surface area contributed by atoms with E-state index in [0.717, 1.165) is 24.2 Å². The van der Waals surface area contributed by atoms with E-state index in [9.17, 15) is 9.59 Å². The number of carbonyl (C=O) groups excluding carboxylic acids is 2. The van der Waals surface area contributed by atoms with Crippen LogP contribution in [0.15, 0.2) is 18.3 Å². The molecule has 1 aromatic rings. The van der Waals surface area contributed by atoms with Crippen molar-refractivity contribution in [1.82, 2.24) is 15.2 Å². The van der Waals surface area contributed by atoms with Gasteiger partial charge in [-0.1, -0.05) is 19.9 Å². The first-order valence-corrected chi connectivity index (χ1v) is 7.93. The minimum atomic E-state index is -0.212. The molecule has 2 heterocycles. The Bertz CT molecular complexity index is 542. The zero-order valence-corrected chi connectivity index (χ0v) is 13.6. The molecule has 0 bridgehead atoms. The van der Waals surface area contributed by atoms with Crippen molar-refractivity contribution < 1.29 is 9.59 Å². The molecule has 0 spiro atoms. The Kier molecular flexibility index (Phi) is 5.52. The van der Waals surface area contributed by atoms with Crippen molar-refractivity contribution >= 4 is 11.8 Å². The van der Waals surface area contributed by atoms with Gasteiger partial charge in [-0.3, -0.25) is 14.6 Å². The monoisotopic (exact) mass is 303 g/mol. The summed E-state index contributed by atoms with van der Waals surface area (Å²) in [5.41, 5.74) is 2.14. The number of nitrogens with one attached hydrogen (secondary N) is 1. The van der Waals surface area contributed by atoms with Crippen LogP contribution in [0.1, 0.15) is 31.5 Å². The molecular weight excluding hydrogens is 278 g/mol. The largest absolute Gasteiger partial charge is 0.355 e. The molecule has 22 heavy (non-hydrogen) atoms. The van der Waals surface area contributed by atoms with Gasteiger partial charge in [-0.15, -0.1) is 0 Å². The maximum atomic E-state index is 12.2. The van der Waals surface area contributed by atoms with Crippen LogP contribution in [0.5, 0.6) is 0 Å². The number of hydrogen-bond donors (Lipinski definition) is 1. The van der Waals surface area contributed by atoms with Crippen molar-refractivity contribution in [2.75, 3.05) is 19.6 Å². The van der Waals surface area contributed by atoms with Crippen molar-refractivity contribution in [3.05, 3.63) is 29.6 Å². The van der Waals surface area contributed by atoms with E-state index < -0.39 is 0 Å². The molecule has 5 heteroatoms. The molecular formula is C17H25N3O2. The van der Waals surface area contributed by atoms with Crippen LogP contribution in [-0.2, 0) is 16.0 Å². The van der Waals surface area contributed by atoms with Gasteiger partial charge in [-0.25, -0.2) is 0 Å². The summed E-state index contributed by atoms with van der Waals surface area (Å²) in [5.74, 6) is 0.289. The van der Waals surface area contributed by atoms with Crippen molar-refractivity contribution in [3.8, 4) is 0 Å². The van der Waals surface area contributed by atoms with E-state index in [4.69, 9.17) is 0 Å². The minimum absolute atomic E-state index is 0.0202. The SMILES string of the molecule is Cc1cccnc1CCNC(=O)C1CC(=O)N(CC(C)C)C1. The fourth-order valence-electron chi connectivity index (χ4n) is 2.79. The zero-order chi connectivity index (χ0) is 16.1. The summed E-state index contributed by atoms with van der Waals surface area (Å²) in [7, 11) is 0. The van der Waals surface area contributed by atoms with Crippen LogP contribution in [-0.4, -0.2) is 41.3 Å². The number of amides is 2. The van der Waals surface area contributed by atoms with E-state index in [0.29, 0.717) is 25.4 Å². The van der Waals surface area contributed by atoms with Crippen LogP contribution >= 0.6 is 0 Å². The maximum Gasteiger partial charge on any atom is 0.225 e. The average molecular weight is 303 g/mol. The maximum absolute atomic E-state index is 12.2. The molecule has 0 saturated carbocycles. The Morgan fingerprint density at radius 2 is 2.27 bits per heavy atom. The lowest BCUT2D eigenvalue weighted by Crippen LogP contribution is -2.35. The number of aromatic nitrogens is 1. The molecule has 1 unspecified atom stereocenters. The van der Waals surface area contributed by atoms with Gasteiger partial charge in [0, 0.05) is 44.4 Å². The Balaban J connectivity index is 1.79. The summed E-state index contributed by atoms with van der Waals surface area (Å²) in [6.45, 7) is 8.02. The summed E-state index contributed by atoms with van der Waals surface area (Å²) in [6, 6.07) is 3.93. The summed E-state index contributed by atoms with van der Waals surface area (Å²) < 4.78 is 0. The van der Waals surface area contributed by atoms with E-state index >= 15 is 0 Å². The lowest BCUT2D eigenvalue weighted by molar-refractivity contribution is -0.129. The van der Waals surface area contributed by atoms with E-state index in [2.05, 4.69) is 24.1 Å². The Labute approximate surface area is 132 Å². The van der Waals surface area contributed by atoms with Crippen LogP contribution in [0, 0.1) is 18.8 Å². The average Bonchev–Trinajstić information content (AvgIpc) is 2.81. The van der Waals surface area contributed by atoms with Crippen LogP contribution in [0.4, 0.5) is 0 Å². The van der Waals surface area contributed by atoms with Gasteiger partial charge < -0.3 is 10.2 Å². The quantitative estimate of drug-likeness (QED) is 0.867. The number of aryl methyl sites for hydroxylation is 1. The molecule has 2 rings (SSSR count). The van der Waals surface area contributed by atoms with Gasteiger partial charge in [0.05, 0.1) is 5.92 Å². The number of hydrogen-bond acceptors (Lipinski definition) is 3. The first-order valence-electron chi connectivity index (χ1n) is 7.93. The molecule has 0 aromatic carbocycles. The molecule has 1 fully saturated rings. The summed E-state index contributed by atoms with van der Waals surface area (Å²) in [4.78, 5) is 30.2. The predicted molar refractivity (Wildman–Crippen MR) is 85.2 cm³/mol. The second kappa shape index (κ2) is 7.38. The first kappa shape index (κ1) is 16.5. The fourth-order valence-corrected chi connectivity index (χ4v) is 2.79. The molecule has 120 valence electrons.